The molecule has 0 unspecified atom stereocenters. The van der Waals surface area contributed by atoms with E-state index in [4.69, 9.17) is 4.74 Å². The molecule has 1 fully saturated rings. The van der Waals surface area contributed by atoms with Gasteiger partial charge >= 0.3 is 0 Å². The maximum Gasteiger partial charge on any atom is 0.0864 e. The average molecular weight is 142 g/mol. The zero-order valence-corrected chi connectivity index (χ0v) is 7.26. The number of hydrogen-bond donors (Lipinski definition) is 0. The van der Waals surface area contributed by atoms with Gasteiger partial charge in [0.1, 0.15) is 0 Å². The Morgan fingerprint density at radius 3 is 2.50 bits per heavy atom. The van der Waals surface area contributed by atoms with Crippen molar-refractivity contribution in [2.75, 3.05) is 0 Å². The van der Waals surface area contributed by atoms with Crippen LogP contribution in [-0.2, 0) is 4.74 Å². The average Bonchev–Trinajstić information content (AvgIpc) is 2.62. The molecule has 0 aromatic heterocycles. The van der Waals surface area contributed by atoms with E-state index in [1.54, 1.807) is 0 Å². The molecule has 1 aliphatic heterocycles. The first-order valence-electron chi connectivity index (χ1n) is 4.41. The van der Waals surface area contributed by atoms with Crippen LogP contribution in [0.15, 0.2) is 0 Å². The van der Waals surface area contributed by atoms with Gasteiger partial charge in [-0.25, -0.2) is 0 Å². The van der Waals surface area contributed by atoms with E-state index in [-0.39, 0.29) is 0 Å². The predicted octanol–water partition coefficient (Wildman–Crippen LogP) is 2.60. The Balaban J connectivity index is 2.04. The molecule has 1 heterocycles. The Kier molecular flexibility index (Phi) is 2.72. The van der Waals surface area contributed by atoms with E-state index in [0.29, 0.717) is 12.2 Å². The van der Waals surface area contributed by atoms with Crippen molar-refractivity contribution >= 4 is 0 Å². The molecule has 0 spiro atoms. The molecular weight excluding hydrogens is 124 g/mol. The second-order valence-corrected chi connectivity index (χ2v) is 3.43. The molecule has 0 aromatic rings. The monoisotopic (exact) mass is 142 g/mol. The van der Waals surface area contributed by atoms with Crippen LogP contribution in [0.25, 0.3) is 0 Å². The van der Waals surface area contributed by atoms with Crippen molar-refractivity contribution in [3.63, 3.8) is 0 Å². The van der Waals surface area contributed by atoms with Crippen LogP contribution in [0.4, 0.5) is 0 Å². The molecule has 0 aromatic carbocycles. The lowest BCUT2D eigenvalue weighted by molar-refractivity contribution is 0.316. The third-order valence-corrected chi connectivity index (χ3v) is 2.33. The van der Waals surface area contributed by atoms with Gasteiger partial charge < -0.3 is 4.74 Å². The third-order valence-electron chi connectivity index (χ3n) is 2.33. The van der Waals surface area contributed by atoms with E-state index in [0.717, 1.165) is 5.92 Å². The van der Waals surface area contributed by atoms with E-state index in [2.05, 4.69) is 20.8 Å². The zero-order chi connectivity index (χ0) is 7.56. The fourth-order valence-corrected chi connectivity index (χ4v) is 1.49. The van der Waals surface area contributed by atoms with E-state index < -0.39 is 0 Å². The molecular formula is C9H18O. The van der Waals surface area contributed by atoms with E-state index >= 15 is 0 Å². The zero-order valence-electron chi connectivity index (χ0n) is 7.26. The summed E-state index contributed by atoms with van der Waals surface area (Å²) in [5.41, 5.74) is 0. The van der Waals surface area contributed by atoms with Crippen LogP contribution in [0.5, 0.6) is 0 Å². The summed E-state index contributed by atoms with van der Waals surface area (Å²) in [4.78, 5) is 0. The van der Waals surface area contributed by atoms with Crippen molar-refractivity contribution in [2.24, 2.45) is 5.92 Å². The first kappa shape index (κ1) is 8.06. The predicted molar refractivity (Wildman–Crippen MR) is 43.0 cm³/mol. The van der Waals surface area contributed by atoms with Gasteiger partial charge in [0.05, 0.1) is 12.2 Å². The largest absolute Gasteiger partial charge is 0.370 e. The number of hydrogen-bond acceptors (Lipinski definition) is 1. The standard InChI is InChI=1S/C9H18O/c1-4-5-6-7(2)9-8(3)10-9/h7-9H,4-6H2,1-3H3/t7-,8-,9+/m1/s1. The quantitative estimate of drug-likeness (QED) is 0.550. The summed E-state index contributed by atoms with van der Waals surface area (Å²) in [5.74, 6) is 0.787. The Morgan fingerprint density at radius 2 is 2.10 bits per heavy atom. The summed E-state index contributed by atoms with van der Waals surface area (Å²) in [7, 11) is 0. The van der Waals surface area contributed by atoms with E-state index in [1.165, 1.54) is 19.3 Å². The summed E-state index contributed by atoms with van der Waals surface area (Å²) in [5, 5.41) is 0. The summed E-state index contributed by atoms with van der Waals surface area (Å²) in [6.07, 6.45) is 5.14. The van der Waals surface area contributed by atoms with Crippen LogP contribution in [-0.4, -0.2) is 12.2 Å². The highest BCUT2D eigenvalue weighted by molar-refractivity contribution is 4.84. The van der Waals surface area contributed by atoms with Gasteiger partial charge in [-0.3, -0.25) is 0 Å². The summed E-state index contributed by atoms with van der Waals surface area (Å²) >= 11 is 0. The van der Waals surface area contributed by atoms with Crippen molar-refractivity contribution < 1.29 is 4.74 Å². The van der Waals surface area contributed by atoms with Gasteiger partial charge in [-0.2, -0.15) is 0 Å². The maximum atomic E-state index is 5.38. The Morgan fingerprint density at radius 1 is 1.50 bits per heavy atom. The van der Waals surface area contributed by atoms with Crippen LogP contribution in [0, 0.1) is 5.92 Å². The minimum absolute atomic E-state index is 0.548. The van der Waals surface area contributed by atoms with Crippen LogP contribution in [0.2, 0.25) is 0 Å². The molecule has 0 saturated carbocycles. The summed E-state index contributed by atoms with van der Waals surface area (Å²) < 4.78 is 5.38. The van der Waals surface area contributed by atoms with E-state index in [1.807, 2.05) is 0 Å². The molecule has 1 heteroatoms. The smallest absolute Gasteiger partial charge is 0.0864 e. The molecule has 10 heavy (non-hydrogen) atoms. The lowest BCUT2D eigenvalue weighted by Gasteiger charge is -2.05. The van der Waals surface area contributed by atoms with Gasteiger partial charge in [0.2, 0.25) is 0 Å². The van der Waals surface area contributed by atoms with Gasteiger partial charge in [0, 0.05) is 0 Å². The van der Waals surface area contributed by atoms with Gasteiger partial charge in [-0.1, -0.05) is 26.7 Å². The molecule has 0 aliphatic carbocycles. The highest BCUT2D eigenvalue weighted by atomic mass is 16.6. The van der Waals surface area contributed by atoms with Crippen LogP contribution in [0.1, 0.15) is 40.0 Å². The van der Waals surface area contributed by atoms with Crippen molar-refractivity contribution in [3.8, 4) is 0 Å². The second kappa shape index (κ2) is 3.38. The van der Waals surface area contributed by atoms with Crippen LogP contribution < -0.4 is 0 Å². The Labute approximate surface area is 63.8 Å². The van der Waals surface area contributed by atoms with Crippen LogP contribution >= 0.6 is 0 Å². The molecule has 0 amide bonds. The lowest BCUT2D eigenvalue weighted by atomic mass is 9.99. The normalized spacial score (nSPS) is 33.9. The fraction of sp³-hybridized carbons (Fsp3) is 1.00. The summed E-state index contributed by atoms with van der Waals surface area (Å²) in [6, 6.07) is 0. The van der Waals surface area contributed by atoms with Crippen molar-refractivity contribution in [1.29, 1.82) is 0 Å². The lowest BCUT2D eigenvalue weighted by Crippen LogP contribution is -2.04. The van der Waals surface area contributed by atoms with E-state index in [9.17, 15) is 0 Å². The number of ether oxygens (including phenoxy) is 1. The summed E-state index contributed by atoms with van der Waals surface area (Å²) in [6.45, 7) is 6.70. The SMILES string of the molecule is CCCC[C@@H](C)[C@@H]1O[C@@H]1C. The first-order valence-corrected chi connectivity index (χ1v) is 4.41. The number of unbranched alkanes of at least 4 members (excludes halogenated alkanes) is 1. The fourth-order valence-electron chi connectivity index (χ4n) is 1.49. The topological polar surface area (TPSA) is 12.5 Å². The van der Waals surface area contributed by atoms with Crippen molar-refractivity contribution in [2.45, 2.75) is 52.2 Å². The molecule has 1 saturated heterocycles. The molecule has 1 aliphatic rings. The molecule has 0 bridgehead atoms. The van der Waals surface area contributed by atoms with Gasteiger partial charge in [-0.05, 0) is 19.3 Å². The Hall–Kier alpha value is -0.0400. The van der Waals surface area contributed by atoms with Gasteiger partial charge in [0.25, 0.3) is 0 Å². The van der Waals surface area contributed by atoms with Gasteiger partial charge in [-0.15, -0.1) is 0 Å². The van der Waals surface area contributed by atoms with Gasteiger partial charge in [0.15, 0.2) is 0 Å². The number of rotatable bonds is 4. The highest BCUT2D eigenvalue weighted by Gasteiger charge is 2.38. The third kappa shape index (κ3) is 1.98. The van der Waals surface area contributed by atoms with Crippen molar-refractivity contribution in [3.05, 3.63) is 0 Å². The Bertz CT molecular complexity index is 101. The van der Waals surface area contributed by atoms with Crippen molar-refractivity contribution in [1.82, 2.24) is 0 Å². The first-order chi connectivity index (χ1) is 4.75. The van der Waals surface area contributed by atoms with Crippen LogP contribution in [0.3, 0.4) is 0 Å². The number of epoxide rings is 1. The molecule has 1 nitrogen and oxygen atoms in total. The highest BCUT2D eigenvalue weighted by Crippen LogP contribution is 2.31. The minimum Gasteiger partial charge on any atom is -0.370 e. The second-order valence-electron chi connectivity index (χ2n) is 3.43. The molecule has 0 radical (unpaired) electrons. The maximum absolute atomic E-state index is 5.38. The molecule has 0 N–H and O–H groups in total. The minimum atomic E-state index is 0.548. The molecule has 3 atom stereocenters. The molecule has 60 valence electrons. The molecule has 1 rings (SSSR count).